The zero-order chi connectivity index (χ0) is 14.2. The van der Waals surface area contributed by atoms with Crippen LogP contribution in [0.3, 0.4) is 0 Å². The summed E-state index contributed by atoms with van der Waals surface area (Å²) in [6, 6.07) is 8.54. The van der Waals surface area contributed by atoms with Crippen molar-refractivity contribution in [2.75, 3.05) is 0 Å². The topological polar surface area (TPSA) is 79.2 Å². The molecule has 1 N–H and O–H groups in total. The highest BCUT2D eigenvalue weighted by molar-refractivity contribution is 7.88. The lowest BCUT2D eigenvalue weighted by Gasteiger charge is -2.19. The molecule has 2 aliphatic rings. The Bertz CT molecular complexity index is 633. The van der Waals surface area contributed by atoms with E-state index in [0.29, 0.717) is 11.1 Å². The van der Waals surface area contributed by atoms with Crippen LogP contribution in [0.1, 0.15) is 30.4 Å². The molecule has 5 nitrogen and oxygen atoms in total. The van der Waals surface area contributed by atoms with Gasteiger partial charge in [-0.2, -0.15) is 5.26 Å². The predicted octanol–water partition coefficient (Wildman–Crippen LogP) is 1.30. The fourth-order valence-corrected chi connectivity index (χ4v) is 4.35. The maximum Gasteiger partial charge on any atom is 0.216 e. The molecule has 0 amide bonds. The largest absolute Gasteiger partial charge is 0.373 e. The average molecular weight is 292 g/mol. The Kier molecular flexibility index (Phi) is 3.50. The second kappa shape index (κ2) is 5.17. The molecule has 1 aromatic rings. The van der Waals surface area contributed by atoms with Crippen molar-refractivity contribution in [2.45, 2.75) is 43.3 Å². The summed E-state index contributed by atoms with van der Waals surface area (Å²) in [4.78, 5) is 0. The summed E-state index contributed by atoms with van der Waals surface area (Å²) in [5.41, 5.74) is 1.21. The second-order valence-electron chi connectivity index (χ2n) is 5.40. The third-order valence-corrected chi connectivity index (χ3v) is 5.25. The minimum Gasteiger partial charge on any atom is -0.373 e. The quantitative estimate of drug-likeness (QED) is 0.907. The molecule has 2 bridgehead atoms. The van der Waals surface area contributed by atoms with Gasteiger partial charge in [-0.25, -0.2) is 13.1 Å². The Morgan fingerprint density at radius 2 is 2.05 bits per heavy atom. The molecule has 0 saturated carbocycles. The third kappa shape index (κ3) is 2.85. The van der Waals surface area contributed by atoms with Crippen molar-refractivity contribution < 1.29 is 13.2 Å². The monoisotopic (exact) mass is 292 g/mol. The van der Waals surface area contributed by atoms with Crippen LogP contribution < -0.4 is 4.72 Å². The number of fused-ring (bicyclic) bond motifs is 2. The summed E-state index contributed by atoms with van der Waals surface area (Å²) in [5, 5.41) is 8.72. The number of nitrogens with zero attached hydrogens (tertiary/aromatic N) is 1. The number of sulfonamides is 1. The van der Waals surface area contributed by atoms with Gasteiger partial charge in [0, 0.05) is 0 Å². The molecule has 20 heavy (non-hydrogen) atoms. The standard InChI is InChI=1S/C14H16N2O3S/c15-8-10-1-3-11(4-2-10)9-20(17,18)16-13-7-12-5-6-14(13)19-12/h1-4,12-14,16H,5-7,9H2. The molecule has 106 valence electrons. The van der Waals surface area contributed by atoms with Gasteiger partial charge in [-0.05, 0) is 37.0 Å². The first kappa shape index (κ1) is 13.6. The van der Waals surface area contributed by atoms with E-state index in [1.165, 1.54) is 0 Å². The first-order valence-corrected chi connectivity index (χ1v) is 8.35. The zero-order valence-corrected chi connectivity index (χ0v) is 11.8. The number of hydrogen-bond acceptors (Lipinski definition) is 4. The molecule has 6 heteroatoms. The Balaban J connectivity index is 1.65. The molecule has 0 aliphatic carbocycles. The van der Waals surface area contributed by atoms with Crippen LogP contribution in [0, 0.1) is 11.3 Å². The van der Waals surface area contributed by atoms with E-state index in [4.69, 9.17) is 10.00 Å². The van der Waals surface area contributed by atoms with Crippen LogP contribution in [-0.4, -0.2) is 26.7 Å². The highest BCUT2D eigenvalue weighted by atomic mass is 32.2. The van der Waals surface area contributed by atoms with E-state index < -0.39 is 10.0 Å². The van der Waals surface area contributed by atoms with Crippen molar-refractivity contribution in [1.82, 2.24) is 4.72 Å². The lowest BCUT2D eigenvalue weighted by Crippen LogP contribution is -2.41. The van der Waals surface area contributed by atoms with Crippen LogP contribution in [0.4, 0.5) is 0 Å². The maximum absolute atomic E-state index is 12.2. The Hall–Kier alpha value is -1.42. The molecular formula is C14H16N2O3S. The van der Waals surface area contributed by atoms with Crippen LogP contribution >= 0.6 is 0 Å². The van der Waals surface area contributed by atoms with E-state index in [0.717, 1.165) is 19.3 Å². The van der Waals surface area contributed by atoms with Gasteiger partial charge in [-0.1, -0.05) is 12.1 Å². The molecule has 2 saturated heterocycles. The Labute approximate surface area is 118 Å². The number of ether oxygens (including phenoxy) is 1. The normalized spacial score (nSPS) is 28.4. The minimum absolute atomic E-state index is 0.0377. The smallest absolute Gasteiger partial charge is 0.216 e. The summed E-state index contributed by atoms with van der Waals surface area (Å²) in [5.74, 6) is -0.0629. The highest BCUT2D eigenvalue weighted by Crippen LogP contribution is 2.34. The van der Waals surface area contributed by atoms with Gasteiger partial charge >= 0.3 is 0 Å². The van der Waals surface area contributed by atoms with Crippen LogP contribution in [0.25, 0.3) is 0 Å². The van der Waals surface area contributed by atoms with Crippen LogP contribution in [0.2, 0.25) is 0 Å². The van der Waals surface area contributed by atoms with Gasteiger partial charge in [-0.3, -0.25) is 0 Å². The highest BCUT2D eigenvalue weighted by Gasteiger charge is 2.42. The lowest BCUT2D eigenvalue weighted by molar-refractivity contribution is 0.0996. The van der Waals surface area contributed by atoms with Gasteiger partial charge in [0.25, 0.3) is 0 Å². The summed E-state index contributed by atoms with van der Waals surface area (Å²) < 4.78 is 32.7. The van der Waals surface area contributed by atoms with Crippen molar-refractivity contribution in [1.29, 1.82) is 5.26 Å². The van der Waals surface area contributed by atoms with Crippen molar-refractivity contribution in [3.63, 3.8) is 0 Å². The van der Waals surface area contributed by atoms with E-state index in [9.17, 15) is 8.42 Å². The minimum atomic E-state index is -3.37. The lowest BCUT2D eigenvalue weighted by atomic mass is 9.96. The van der Waals surface area contributed by atoms with Crippen molar-refractivity contribution in [2.24, 2.45) is 0 Å². The second-order valence-corrected chi connectivity index (χ2v) is 7.16. The van der Waals surface area contributed by atoms with E-state index in [2.05, 4.69) is 4.72 Å². The number of nitrogens with one attached hydrogen (secondary N) is 1. The summed E-state index contributed by atoms with van der Waals surface area (Å²) in [6.45, 7) is 0. The van der Waals surface area contributed by atoms with Gasteiger partial charge in [0.15, 0.2) is 0 Å². The molecule has 0 radical (unpaired) electrons. The van der Waals surface area contributed by atoms with Crippen molar-refractivity contribution in [3.05, 3.63) is 35.4 Å². The Morgan fingerprint density at radius 1 is 1.30 bits per heavy atom. The molecule has 2 aliphatic heterocycles. The SMILES string of the molecule is N#Cc1ccc(CS(=O)(=O)NC2CC3CCC2O3)cc1. The van der Waals surface area contributed by atoms with E-state index in [1.54, 1.807) is 24.3 Å². The summed E-state index contributed by atoms with van der Waals surface area (Å²) in [6.07, 6.45) is 3.02. The van der Waals surface area contributed by atoms with Gasteiger partial charge in [0.2, 0.25) is 10.0 Å². The van der Waals surface area contributed by atoms with Gasteiger partial charge in [0.05, 0.1) is 35.6 Å². The fraction of sp³-hybridized carbons (Fsp3) is 0.500. The van der Waals surface area contributed by atoms with Crippen LogP contribution in [0.5, 0.6) is 0 Å². The number of benzene rings is 1. The van der Waals surface area contributed by atoms with E-state index >= 15 is 0 Å². The fourth-order valence-electron chi connectivity index (χ4n) is 2.93. The van der Waals surface area contributed by atoms with Crippen LogP contribution in [-0.2, 0) is 20.5 Å². The van der Waals surface area contributed by atoms with Crippen molar-refractivity contribution in [3.8, 4) is 6.07 Å². The molecule has 3 atom stereocenters. The molecule has 3 rings (SSSR count). The molecular weight excluding hydrogens is 276 g/mol. The third-order valence-electron chi connectivity index (χ3n) is 3.88. The Morgan fingerprint density at radius 3 is 2.60 bits per heavy atom. The number of rotatable bonds is 4. The van der Waals surface area contributed by atoms with Gasteiger partial charge < -0.3 is 4.74 Å². The van der Waals surface area contributed by atoms with Crippen molar-refractivity contribution >= 4 is 10.0 Å². The average Bonchev–Trinajstić information content (AvgIpc) is 3.01. The summed E-state index contributed by atoms with van der Waals surface area (Å²) in [7, 11) is -3.37. The zero-order valence-electron chi connectivity index (χ0n) is 11.0. The number of nitriles is 1. The first-order valence-electron chi connectivity index (χ1n) is 6.70. The molecule has 2 heterocycles. The summed E-state index contributed by atoms with van der Waals surface area (Å²) >= 11 is 0. The molecule has 2 fully saturated rings. The predicted molar refractivity (Wildman–Crippen MR) is 73.2 cm³/mol. The van der Waals surface area contributed by atoms with E-state index in [1.807, 2.05) is 6.07 Å². The van der Waals surface area contributed by atoms with Gasteiger partial charge in [-0.15, -0.1) is 0 Å². The molecule has 0 spiro atoms. The molecule has 3 unspecified atom stereocenters. The first-order chi connectivity index (χ1) is 9.55. The number of hydrogen-bond donors (Lipinski definition) is 1. The van der Waals surface area contributed by atoms with Gasteiger partial charge in [0.1, 0.15) is 0 Å². The van der Waals surface area contributed by atoms with Crippen LogP contribution in [0.15, 0.2) is 24.3 Å². The molecule has 0 aromatic heterocycles. The van der Waals surface area contributed by atoms with E-state index in [-0.39, 0.29) is 24.0 Å². The molecule has 1 aromatic carbocycles. The maximum atomic E-state index is 12.2.